The van der Waals surface area contributed by atoms with Gasteiger partial charge in [0.2, 0.25) is 5.91 Å². The minimum atomic E-state index is 0.0969. The first-order valence-electron chi connectivity index (χ1n) is 10.2. The van der Waals surface area contributed by atoms with Crippen molar-refractivity contribution in [3.8, 4) is 22.5 Å². The number of nitrogens with one attached hydrogen (secondary N) is 1. The highest BCUT2D eigenvalue weighted by Crippen LogP contribution is 2.41. The van der Waals surface area contributed by atoms with Crippen molar-refractivity contribution in [2.75, 3.05) is 18.5 Å². The van der Waals surface area contributed by atoms with E-state index in [-0.39, 0.29) is 5.91 Å². The number of aromatic nitrogens is 3. The third-order valence-corrected chi connectivity index (χ3v) is 5.21. The summed E-state index contributed by atoms with van der Waals surface area (Å²) in [6.07, 6.45) is 0.444. The number of hydrogen-bond donors (Lipinski definition) is 1. The third kappa shape index (κ3) is 3.68. The number of nitrogens with zero attached hydrogens (tertiary/aromatic N) is 4. The SMILES string of the molecule is CNCCC(=O)N1Cc2ccccc2-c2c(nnn2CC(C)C)-c2ccccc21. The van der Waals surface area contributed by atoms with Crippen LogP contribution < -0.4 is 10.2 Å². The molecule has 1 N–H and O–H groups in total. The molecule has 0 radical (unpaired) electrons. The van der Waals surface area contributed by atoms with Gasteiger partial charge in [0.15, 0.2) is 0 Å². The Morgan fingerprint density at radius 1 is 1.10 bits per heavy atom. The van der Waals surface area contributed by atoms with E-state index >= 15 is 0 Å². The molecule has 6 nitrogen and oxygen atoms in total. The van der Waals surface area contributed by atoms with Gasteiger partial charge in [0.1, 0.15) is 5.69 Å². The van der Waals surface area contributed by atoms with Crippen molar-refractivity contribution in [3.63, 3.8) is 0 Å². The van der Waals surface area contributed by atoms with Crippen LogP contribution in [0.1, 0.15) is 25.8 Å². The van der Waals surface area contributed by atoms with Gasteiger partial charge >= 0.3 is 0 Å². The maximum Gasteiger partial charge on any atom is 0.228 e. The lowest BCUT2D eigenvalue weighted by molar-refractivity contribution is -0.118. The van der Waals surface area contributed by atoms with E-state index in [1.165, 1.54) is 0 Å². The molecule has 150 valence electrons. The molecule has 1 amide bonds. The first-order chi connectivity index (χ1) is 14.1. The predicted molar refractivity (Wildman–Crippen MR) is 115 cm³/mol. The van der Waals surface area contributed by atoms with E-state index in [0.717, 1.165) is 40.3 Å². The predicted octanol–water partition coefficient (Wildman–Crippen LogP) is 3.72. The van der Waals surface area contributed by atoms with Crippen molar-refractivity contribution < 1.29 is 4.79 Å². The molecule has 1 aliphatic rings. The second kappa shape index (κ2) is 8.17. The van der Waals surface area contributed by atoms with Gasteiger partial charge in [-0.3, -0.25) is 4.79 Å². The molecule has 0 aliphatic carbocycles. The van der Waals surface area contributed by atoms with E-state index in [9.17, 15) is 4.79 Å². The molecule has 0 spiro atoms. The molecule has 4 rings (SSSR count). The molecule has 0 saturated heterocycles. The maximum absolute atomic E-state index is 13.1. The van der Waals surface area contributed by atoms with E-state index < -0.39 is 0 Å². The van der Waals surface area contributed by atoms with Crippen molar-refractivity contribution in [2.45, 2.75) is 33.4 Å². The zero-order valence-corrected chi connectivity index (χ0v) is 17.2. The number of amides is 1. The number of benzene rings is 2. The Hall–Kier alpha value is -2.99. The van der Waals surface area contributed by atoms with Gasteiger partial charge in [0.05, 0.1) is 17.9 Å². The largest absolute Gasteiger partial charge is 0.319 e. The number of fused-ring (bicyclic) bond motifs is 5. The fourth-order valence-electron chi connectivity index (χ4n) is 3.88. The smallest absolute Gasteiger partial charge is 0.228 e. The van der Waals surface area contributed by atoms with Gasteiger partial charge in [0, 0.05) is 30.6 Å². The molecular weight excluding hydrogens is 362 g/mol. The van der Waals surface area contributed by atoms with Crippen molar-refractivity contribution in [1.82, 2.24) is 20.3 Å². The van der Waals surface area contributed by atoms with Crippen LogP contribution in [0.15, 0.2) is 48.5 Å². The Bertz CT molecular complexity index is 1020. The van der Waals surface area contributed by atoms with E-state index in [2.05, 4.69) is 41.6 Å². The lowest BCUT2D eigenvalue weighted by Gasteiger charge is -2.28. The van der Waals surface area contributed by atoms with Gasteiger partial charge in [0.25, 0.3) is 0 Å². The van der Waals surface area contributed by atoms with Crippen molar-refractivity contribution in [3.05, 3.63) is 54.1 Å². The minimum Gasteiger partial charge on any atom is -0.319 e. The number of carbonyl (C=O) groups excluding carboxylic acids is 1. The number of carbonyl (C=O) groups is 1. The molecule has 0 fully saturated rings. The summed E-state index contributed by atoms with van der Waals surface area (Å²) in [6.45, 7) is 6.33. The van der Waals surface area contributed by atoms with Gasteiger partial charge in [-0.05, 0) is 24.6 Å². The second-order valence-corrected chi connectivity index (χ2v) is 7.87. The van der Waals surface area contributed by atoms with Crippen LogP contribution in [0.3, 0.4) is 0 Å². The van der Waals surface area contributed by atoms with E-state index in [0.29, 0.717) is 25.4 Å². The normalized spacial score (nSPS) is 12.8. The van der Waals surface area contributed by atoms with Crippen LogP contribution in [0.25, 0.3) is 22.5 Å². The molecule has 3 aromatic rings. The molecule has 2 heterocycles. The maximum atomic E-state index is 13.1. The monoisotopic (exact) mass is 389 g/mol. The standard InChI is InChI=1S/C23H27N5O/c1-16(2)14-28-23-18-9-5-4-8-17(18)15-27(21(29)12-13-24-3)20-11-7-6-10-19(20)22(23)25-26-28/h4-11,16,24H,12-15H2,1-3H3. The summed E-state index contributed by atoms with van der Waals surface area (Å²) < 4.78 is 2.01. The van der Waals surface area contributed by atoms with Gasteiger partial charge in [-0.1, -0.05) is 61.5 Å². The summed E-state index contributed by atoms with van der Waals surface area (Å²) in [7, 11) is 1.86. The van der Waals surface area contributed by atoms with Crippen LogP contribution in [0, 0.1) is 5.92 Å². The Morgan fingerprint density at radius 3 is 2.59 bits per heavy atom. The van der Waals surface area contributed by atoms with Crippen molar-refractivity contribution >= 4 is 11.6 Å². The molecule has 0 saturated carbocycles. The summed E-state index contributed by atoms with van der Waals surface area (Å²) in [5.74, 6) is 0.549. The Kier molecular flexibility index (Phi) is 5.45. The minimum absolute atomic E-state index is 0.0969. The van der Waals surface area contributed by atoms with Crippen LogP contribution in [0.5, 0.6) is 0 Å². The zero-order chi connectivity index (χ0) is 20.4. The number of rotatable bonds is 5. The molecule has 0 unspecified atom stereocenters. The van der Waals surface area contributed by atoms with Crippen molar-refractivity contribution in [2.24, 2.45) is 5.92 Å². The molecule has 1 aromatic heterocycles. The second-order valence-electron chi connectivity index (χ2n) is 7.87. The highest BCUT2D eigenvalue weighted by atomic mass is 16.2. The zero-order valence-electron chi connectivity index (χ0n) is 17.2. The number of hydrogen-bond acceptors (Lipinski definition) is 4. The van der Waals surface area contributed by atoms with Gasteiger partial charge < -0.3 is 10.2 Å². The molecule has 6 heteroatoms. The Labute approximate surface area is 171 Å². The highest BCUT2D eigenvalue weighted by molar-refractivity contribution is 6.00. The van der Waals surface area contributed by atoms with Gasteiger partial charge in [-0.25, -0.2) is 4.68 Å². The molecule has 1 aliphatic heterocycles. The third-order valence-electron chi connectivity index (χ3n) is 5.21. The number of anilines is 1. The summed E-state index contributed by atoms with van der Waals surface area (Å²) >= 11 is 0. The van der Waals surface area contributed by atoms with Crippen LogP contribution >= 0.6 is 0 Å². The van der Waals surface area contributed by atoms with Crippen LogP contribution in [0.4, 0.5) is 5.69 Å². The highest BCUT2D eigenvalue weighted by Gasteiger charge is 2.28. The van der Waals surface area contributed by atoms with Crippen LogP contribution in [-0.2, 0) is 17.9 Å². The average molecular weight is 390 g/mol. The first kappa shape index (κ1) is 19.3. The summed E-state index contributed by atoms with van der Waals surface area (Å²) in [5.41, 5.74) is 5.90. The lowest BCUT2D eigenvalue weighted by Crippen LogP contribution is -2.33. The number of para-hydroxylation sites is 1. The fourth-order valence-corrected chi connectivity index (χ4v) is 3.88. The Morgan fingerprint density at radius 2 is 1.83 bits per heavy atom. The molecular formula is C23H27N5O. The average Bonchev–Trinajstić information content (AvgIpc) is 3.11. The van der Waals surface area contributed by atoms with E-state index in [1.54, 1.807) is 0 Å². The van der Waals surface area contributed by atoms with Crippen LogP contribution in [-0.4, -0.2) is 34.5 Å². The van der Waals surface area contributed by atoms with Gasteiger partial charge in [-0.2, -0.15) is 0 Å². The summed E-state index contributed by atoms with van der Waals surface area (Å²) in [4.78, 5) is 15.0. The van der Waals surface area contributed by atoms with Crippen LogP contribution in [0.2, 0.25) is 0 Å². The first-order valence-corrected chi connectivity index (χ1v) is 10.2. The lowest BCUT2D eigenvalue weighted by atomic mass is 9.95. The van der Waals surface area contributed by atoms with E-state index in [4.69, 9.17) is 0 Å². The molecule has 2 aromatic carbocycles. The molecule has 0 bridgehead atoms. The Balaban J connectivity index is 1.94. The quantitative estimate of drug-likeness (QED) is 0.722. The summed E-state index contributed by atoms with van der Waals surface area (Å²) in [6, 6.07) is 16.3. The molecule has 0 atom stereocenters. The molecule has 29 heavy (non-hydrogen) atoms. The fraction of sp³-hybridized carbons (Fsp3) is 0.348. The van der Waals surface area contributed by atoms with E-state index in [1.807, 2.05) is 53.0 Å². The van der Waals surface area contributed by atoms with Gasteiger partial charge in [-0.15, -0.1) is 5.10 Å². The van der Waals surface area contributed by atoms with Crippen molar-refractivity contribution in [1.29, 1.82) is 0 Å². The summed E-state index contributed by atoms with van der Waals surface area (Å²) in [5, 5.41) is 12.1. The topological polar surface area (TPSA) is 63.1 Å².